The van der Waals surface area contributed by atoms with Crippen LogP contribution in [0.4, 0.5) is 4.79 Å². The second-order valence-corrected chi connectivity index (χ2v) is 5.18. The number of rotatable bonds is 8. The number of carbonyl (C=O) groups is 3. The van der Waals surface area contributed by atoms with E-state index in [4.69, 9.17) is 10.8 Å². The summed E-state index contributed by atoms with van der Waals surface area (Å²) in [7, 11) is 0. The molecule has 1 aliphatic carbocycles. The fourth-order valence-corrected chi connectivity index (χ4v) is 2.13. The first-order valence-electron chi connectivity index (χ1n) is 7.00. The Balaban J connectivity index is 2.49. The van der Waals surface area contributed by atoms with Crippen molar-refractivity contribution >= 4 is 17.9 Å². The highest BCUT2D eigenvalue weighted by atomic mass is 16.4. The zero-order chi connectivity index (χ0) is 15.1. The van der Waals surface area contributed by atoms with Gasteiger partial charge in [0.05, 0.1) is 0 Å². The molecule has 114 valence electrons. The lowest BCUT2D eigenvalue weighted by Gasteiger charge is -2.32. The molecule has 1 fully saturated rings. The predicted molar refractivity (Wildman–Crippen MR) is 73.0 cm³/mol. The van der Waals surface area contributed by atoms with Crippen LogP contribution in [0.2, 0.25) is 0 Å². The molecule has 0 bridgehead atoms. The molecule has 1 saturated carbocycles. The number of nitrogens with two attached hydrogens (primary N) is 1. The molecule has 3 amide bonds. The van der Waals surface area contributed by atoms with Gasteiger partial charge in [0.15, 0.2) is 0 Å². The van der Waals surface area contributed by atoms with E-state index in [1.54, 1.807) is 4.90 Å². The van der Waals surface area contributed by atoms with Crippen molar-refractivity contribution in [3.8, 4) is 0 Å². The largest absolute Gasteiger partial charge is 0.480 e. The van der Waals surface area contributed by atoms with Gasteiger partial charge in [0.2, 0.25) is 5.91 Å². The summed E-state index contributed by atoms with van der Waals surface area (Å²) >= 11 is 0. The van der Waals surface area contributed by atoms with Crippen molar-refractivity contribution in [1.82, 2.24) is 10.2 Å². The summed E-state index contributed by atoms with van der Waals surface area (Å²) in [6, 6.07) is -1.47. The smallest absolute Gasteiger partial charge is 0.326 e. The fourth-order valence-electron chi connectivity index (χ4n) is 2.13. The van der Waals surface area contributed by atoms with Gasteiger partial charge < -0.3 is 21.1 Å². The lowest BCUT2D eigenvalue weighted by Crippen LogP contribution is -2.49. The van der Waals surface area contributed by atoms with Crippen LogP contribution in [-0.4, -0.2) is 47.0 Å². The lowest BCUT2D eigenvalue weighted by atomic mass is 9.85. The molecule has 0 aromatic rings. The number of carboxylic acids is 1. The average molecular weight is 285 g/mol. The van der Waals surface area contributed by atoms with E-state index in [2.05, 4.69) is 5.32 Å². The summed E-state index contributed by atoms with van der Waals surface area (Å²) in [5.74, 6) is -1.21. The van der Waals surface area contributed by atoms with Gasteiger partial charge in [0.1, 0.15) is 6.04 Å². The minimum Gasteiger partial charge on any atom is -0.480 e. The molecule has 1 unspecified atom stereocenters. The van der Waals surface area contributed by atoms with Gasteiger partial charge in [-0.3, -0.25) is 4.79 Å². The number of hydrogen-bond acceptors (Lipinski definition) is 3. The summed E-state index contributed by atoms with van der Waals surface area (Å²) in [6.45, 7) is 3.05. The molecule has 4 N–H and O–H groups in total. The van der Waals surface area contributed by atoms with E-state index in [9.17, 15) is 14.4 Å². The number of hydrogen-bond donors (Lipinski definition) is 3. The molecule has 0 radical (unpaired) electrons. The van der Waals surface area contributed by atoms with Gasteiger partial charge in [-0.05, 0) is 32.1 Å². The number of carbonyl (C=O) groups excluding carboxylic acids is 2. The molecular weight excluding hydrogens is 262 g/mol. The number of urea groups is 1. The van der Waals surface area contributed by atoms with Gasteiger partial charge in [-0.1, -0.05) is 6.42 Å². The van der Waals surface area contributed by atoms with E-state index in [0.717, 1.165) is 12.8 Å². The highest BCUT2D eigenvalue weighted by Gasteiger charge is 2.26. The molecule has 0 saturated heterocycles. The van der Waals surface area contributed by atoms with E-state index in [-0.39, 0.29) is 12.8 Å². The molecule has 0 aliphatic heterocycles. The van der Waals surface area contributed by atoms with Crippen LogP contribution in [0.3, 0.4) is 0 Å². The second-order valence-electron chi connectivity index (χ2n) is 5.18. The van der Waals surface area contributed by atoms with E-state index >= 15 is 0 Å². The highest BCUT2D eigenvalue weighted by Crippen LogP contribution is 2.27. The fraction of sp³-hybridized carbons (Fsp3) is 0.769. The summed E-state index contributed by atoms with van der Waals surface area (Å²) in [5.41, 5.74) is 4.99. The molecule has 7 heteroatoms. The van der Waals surface area contributed by atoms with Crippen LogP contribution in [0.15, 0.2) is 0 Å². The Morgan fingerprint density at radius 3 is 2.45 bits per heavy atom. The van der Waals surface area contributed by atoms with Crippen LogP contribution in [0, 0.1) is 5.92 Å². The molecule has 0 spiro atoms. The van der Waals surface area contributed by atoms with Gasteiger partial charge in [-0.25, -0.2) is 9.59 Å². The van der Waals surface area contributed by atoms with Crippen LogP contribution in [0.25, 0.3) is 0 Å². The third-order valence-corrected chi connectivity index (χ3v) is 3.65. The maximum atomic E-state index is 12.0. The standard InChI is InChI=1S/C13H23N3O4/c1-2-16(8-9-4-3-5-9)13(20)15-10(12(18)19)6-7-11(14)17/h9-10H,2-8H2,1H3,(H2,14,17)(H,15,20)(H,18,19). The van der Waals surface area contributed by atoms with Crippen LogP contribution in [0.1, 0.15) is 39.0 Å². The molecule has 0 aromatic carbocycles. The van der Waals surface area contributed by atoms with Crippen molar-refractivity contribution in [2.75, 3.05) is 13.1 Å². The van der Waals surface area contributed by atoms with Gasteiger partial charge in [0.25, 0.3) is 0 Å². The van der Waals surface area contributed by atoms with Crippen molar-refractivity contribution in [2.45, 2.75) is 45.1 Å². The predicted octanol–water partition coefficient (Wildman–Crippen LogP) is 0.537. The minimum absolute atomic E-state index is 0.0113. The average Bonchev–Trinajstić information content (AvgIpc) is 2.32. The highest BCUT2D eigenvalue weighted by molar-refractivity contribution is 5.83. The molecule has 1 rings (SSSR count). The Bertz CT molecular complexity index is 369. The Labute approximate surface area is 118 Å². The van der Waals surface area contributed by atoms with Gasteiger partial charge in [-0.2, -0.15) is 0 Å². The van der Waals surface area contributed by atoms with Gasteiger partial charge in [0, 0.05) is 19.5 Å². The Morgan fingerprint density at radius 1 is 1.40 bits per heavy atom. The quantitative estimate of drug-likeness (QED) is 0.604. The molecule has 7 nitrogen and oxygen atoms in total. The zero-order valence-electron chi connectivity index (χ0n) is 11.8. The normalized spacial score (nSPS) is 16.1. The van der Waals surface area contributed by atoms with E-state index in [0.29, 0.717) is 19.0 Å². The zero-order valence-corrected chi connectivity index (χ0v) is 11.8. The van der Waals surface area contributed by atoms with Crippen LogP contribution in [-0.2, 0) is 9.59 Å². The lowest BCUT2D eigenvalue weighted by molar-refractivity contribution is -0.139. The summed E-state index contributed by atoms with van der Waals surface area (Å²) in [6.07, 6.45) is 3.38. The van der Waals surface area contributed by atoms with Crippen molar-refractivity contribution in [2.24, 2.45) is 11.7 Å². The number of amides is 3. The third-order valence-electron chi connectivity index (χ3n) is 3.65. The first-order chi connectivity index (χ1) is 9.43. The summed E-state index contributed by atoms with van der Waals surface area (Å²) < 4.78 is 0. The number of primary amides is 1. The number of aliphatic carboxylic acids is 1. The van der Waals surface area contributed by atoms with Crippen molar-refractivity contribution in [3.63, 3.8) is 0 Å². The van der Waals surface area contributed by atoms with Crippen molar-refractivity contribution in [1.29, 1.82) is 0 Å². The summed E-state index contributed by atoms with van der Waals surface area (Å²) in [5, 5.41) is 11.5. The first-order valence-corrected chi connectivity index (χ1v) is 7.00. The molecule has 1 atom stereocenters. The maximum absolute atomic E-state index is 12.0. The van der Waals surface area contributed by atoms with Crippen LogP contribution < -0.4 is 11.1 Å². The van der Waals surface area contributed by atoms with Crippen LogP contribution >= 0.6 is 0 Å². The SMILES string of the molecule is CCN(CC1CCC1)C(=O)NC(CCC(N)=O)C(=O)O. The van der Waals surface area contributed by atoms with Crippen molar-refractivity contribution in [3.05, 3.63) is 0 Å². The first kappa shape index (κ1) is 16.3. The van der Waals surface area contributed by atoms with Gasteiger partial charge >= 0.3 is 12.0 Å². The topological polar surface area (TPSA) is 113 Å². The molecule has 0 heterocycles. The van der Waals surface area contributed by atoms with Gasteiger partial charge in [-0.15, -0.1) is 0 Å². The third kappa shape index (κ3) is 5.07. The molecule has 1 aliphatic rings. The Hall–Kier alpha value is -1.79. The number of carboxylic acid groups (broad SMARTS) is 1. The molecule has 0 aromatic heterocycles. The molecular formula is C13H23N3O4. The number of nitrogens with one attached hydrogen (secondary N) is 1. The Kier molecular flexibility index (Phi) is 6.27. The van der Waals surface area contributed by atoms with E-state index in [1.807, 2.05) is 6.92 Å². The monoisotopic (exact) mass is 285 g/mol. The summed E-state index contributed by atoms with van der Waals surface area (Å²) in [4.78, 5) is 35.4. The maximum Gasteiger partial charge on any atom is 0.326 e. The minimum atomic E-state index is -1.15. The Morgan fingerprint density at radius 2 is 2.05 bits per heavy atom. The van der Waals surface area contributed by atoms with Crippen molar-refractivity contribution < 1.29 is 19.5 Å². The van der Waals surface area contributed by atoms with E-state index in [1.165, 1.54) is 6.42 Å². The molecule has 20 heavy (non-hydrogen) atoms. The van der Waals surface area contributed by atoms with Crippen LogP contribution in [0.5, 0.6) is 0 Å². The second kappa shape index (κ2) is 7.72. The van der Waals surface area contributed by atoms with E-state index < -0.39 is 23.9 Å². The number of nitrogens with zero attached hydrogens (tertiary/aromatic N) is 1.